The van der Waals surface area contributed by atoms with E-state index >= 15 is 0 Å². The zero-order valence-electron chi connectivity index (χ0n) is 12.4. The van der Waals surface area contributed by atoms with Crippen LogP contribution in [0.4, 0.5) is 15.8 Å². The summed E-state index contributed by atoms with van der Waals surface area (Å²) >= 11 is 0. The Bertz CT molecular complexity index is 770. The van der Waals surface area contributed by atoms with Gasteiger partial charge in [0.15, 0.2) is 0 Å². The molecule has 5 heteroatoms. The number of halogens is 1. The minimum Gasteiger partial charge on any atom is -0.323 e. The fourth-order valence-corrected chi connectivity index (χ4v) is 2.39. The van der Waals surface area contributed by atoms with E-state index < -0.39 is 0 Å². The van der Waals surface area contributed by atoms with Crippen LogP contribution in [0, 0.1) is 19.7 Å². The van der Waals surface area contributed by atoms with Crippen LogP contribution in [0.25, 0.3) is 0 Å². The van der Waals surface area contributed by atoms with E-state index in [2.05, 4.69) is 10.3 Å². The first kappa shape index (κ1) is 14.3. The van der Waals surface area contributed by atoms with Crippen molar-refractivity contribution in [3.8, 4) is 0 Å². The largest absolute Gasteiger partial charge is 0.323 e. The Kier molecular flexibility index (Phi) is 3.63. The van der Waals surface area contributed by atoms with Crippen molar-refractivity contribution in [2.45, 2.75) is 13.8 Å². The topological polar surface area (TPSA) is 44.7 Å². The highest BCUT2D eigenvalue weighted by atomic mass is 19.1. The molecule has 0 aromatic heterocycles. The number of aryl methyl sites for hydroxylation is 2. The van der Waals surface area contributed by atoms with Gasteiger partial charge in [-0.05, 0) is 43.2 Å². The van der Waals surface area contributed by atoms with Gasteiger partial charge in [0.2, 0.25) is 5.96 Å². The van der Waals surface area contributed by atoms with Gasteiger partial charge in [0.1, 0.15) is 12.4 Å². The van der Waals surface area contributed by atoms with Gasteiger partial charge in [-0.2, -0.15) is 0 Å². The molecule has 1 N–H and O–H groups in total. The monoisotopic (exact) mass is 297 g/mol. The molecule has 1 heterocycles. The number of carbonyl (C=O) groups excluding carboxylic acids is 1. The van der Waals surface area contributed by atoms with Gasteiger partial charge in [-0.15, -0.1) is 0 Å². The lowest BCUT2D eigenvalue weighted by molar-refractivity contribution is -0.115. The van der Waals surface area contributed by atoms with E-state index in [4.69, 9.17) is 0 Å². The quantitative estimate of drug-likeness (QED) is 0.924. The summed E-state index contributed by atoms with van der Waals surface area (Å²) in [6, 6.07) is 12.2. The van der Waals surface area contributed by atoms with E-state index in [1.54, 1.807) is 18.2 Å². The molecule has 1 aliphatic heterocycles. The summed E-state index contributed by atoms with van der Waals surface area (Å²) in [6.45, 7) is 3.95. The van der Waals surface area contributed by atoms with Crippen molar-refractivity contribution in [1.29, 1.82) is 0 Å². The maximum absolute atomic E-state index is 13.8. The van der Waals surface area contributed by atoms with E-state index in [1.165, 1.54) is 11.0 Å². The fourth-order valence-electron chi connectivity index (χ4n) is 2.39. The lowest BCUT2D eigenvalue weighted by Gasteiger charge is -2.22. The van der Waals surface area contributed by atoms with Gasteiger partial charge in [0.25, 0.3) is 5.91 Å². The highest BCUT2D eigenvalue weighted by molar-refractivity contribution is 6.25. The summed E-state index contributed by atoms with van der Waals surface area (Å²) < 4.78 is 13.8. The number of guanidine groups is 1. The van der Waals surface area contributed by atoms with E-state index in [0.717, 1.165) is 16.8 Å². The Hall–Kier alpha value is -2.69. The molecule has 0 spiro atoms. The number of nitrogens with one attached hydrogen (secondary N) is 1. The first-order chi connectivity index (χ1) is 10.6. The van der Waals surface area contributed by atoms with Gasteiger partial charge in [-0.25, -0.2) is 14.3 Å². The average molecular weight is 297 g/mol. The third kappa shape index (κ3) is 2.57. The van der Waals surface area contributed by atoms with Crippen molar-refractivity contribution < 1.29 is 9.18 Å². The van der Waals surface area contributed by atoms with Crippen LogP contribution in [-0.4, -0.2) is 18.4 Å². The Labute approximate surface area is 128 Å². The average Bonchev–Trinajstić information content (AvgIpc) is 2.85. The lowest BCUT2D eigenvalue weighted by Crippen LogP contribution is -2.37. The third-order valence-corrected chi connectivity index (χ3v) is 3.55. The Morgan fingerprint density at radius 2 is 1.95 bits per heavy atom. The maximum atomic E-state index is 13.8. The number of carbonyl (C=O) groups is 1. The molecule has 0 radical (unpaired) electrons. The summed E-state index contributed by atoms with van der Waals surface area (Å²) in [7, 11) is 0. The van der Waals surface area contributed by atoms with Crippen LogP contribution in [0.5, 0.6) is 0 Å². The smallest absolute Gasteiger partial charge is 0.255 e. The van der Waals surface area contributed by atoms with Crippen molar-refractivity contribution in [2.24, 2.45) is 4.99 Å². The summed E-state index contributed by atoms with van der Waals surface area (Å²) in [5.41, 5.74) is 3.07. The molecule has 0 aliphatic carbocycles. The molecule has 0 unspecified atom stereocenters. The Balaban J connectivity index is 1.96. The molecule has 4 nitrogen and oxygen atoms in total. The second-order valence-electron chi connectivity index (χ2n) is 5.26. The van der Waals surface area contributed by atoms with Crippen LogP contribution >= 0.6 is 0 Å². The Morgan fingerprint density at radius 3 is 2.73 bits per heavy atom. The van der Waals surface area contributed by atoms with Gasteiger partial charge >= 0.3 is 0 Å². The first-order valence-electron chi connectivity index (χ1n) is 7.02. The molecule has 1 aliphatic rings. The Morgan fingerprint density at radius 1 is 1.18 bits per heavy atom. The maximum Gasteiger partial charge on any atom is 0.255 e. The summed E-state index contributed by atoms with van der Waals surface area (Å²) in [5.74, 6) is -0.165. The van der Waals surface area contributed by atoms with Gasteiger partial charge in [0.05, 0.1) is 11.4 Å². The van der Waals surface area contributed by atoms with Crippen molar-refractivity contribution in [3.63, 3.8) is 0 Å². The predicted molar refractivity (Wildman–Crippen MR) is 85.7 cm³/mol. The zero-order chi connectivity index (χ0) is 15.7. The lowest BCUT2D eigenvalue weighted by atomic mass is 10.1. The summed E-state index contributed by atoms with van der Waals surface area (Å²) in [6.07, 6.45) is 0. The summed E-state index contributed by atoms with van der Waals surface area (Å²) in [5, 5.41) is 2.91. The first-order valence-corrected chi connectivity index (χ1v) is 7.02. The van der Waals surface area contributed by atoms with Gasteiger partial charge < -0.3 is 5.32 Å². The van der Waals surface area contributed by atoms with Gasteiger partial charge in [-0.3, -0.25) is 4.79 Å². The molecular weight excluding hydrogens is 281 g/mol. The third-order valence-electron chi connectivity index (χ3n) is 3.55. The fraction of sp³-hybridized carbons (Fsp3) is 0.176. The van der Waals surface area contributed by atoms with Crippen LogP contribution in [0.3, 0.4) is 0 Å². The second kappa shape index (κ2) is 5.60. The molecule has 2 aromatic carbocycles. The normalized spacial score (nSPS) is 14.2. The standard InChI is InChI=1S/C17H16FN3O/c1-11-7-8-12(2)15(9-11)21-16(22)10-19-17(21)20-14-6-4-3-5-13(14)18/h3-9H,10H2,1-2H3,(H,19,20). The number of hydrogen-bond donors (Lipinski definition) is 1. The predicted octanol–water partition coefficient (Wildman–Crippen LogP) is 3.26. The van der Waals surface area contributed by atoms with Crippen LogP contribution in [0.2, 0.25) is 0 Å². The number of nitrogens with zero attached hydrogens (tertiary/aromatic N) is 2. The minimum atomic E-state index is -0.384. The number of hydrogen-bond acceptors (Lipinski definition) is 3. The van der Waals surface area contributed by atoms with Crippen LogP contribution in [0.1, 0.15) is 11.1 Å². The molecule has 112 valence electrons. The molecule has 3 rings (SSSR count). The molecule has 0 atom stereocenters. The van der Waals surface area contributed by atoms with Crippen LogP contribution in [0.15, 0.2) is 47.5 Å². The van der Waals surface area contributed by atoms with Crippen molar-refractivity contribution in [3.05, 3.63) is 59.4 Å². The number of benzene rings is 2. The van der Waals surface area contributed by atoms with E-state index in [0.29, 0.717) is 11.6 Å². The van der Waals surface area contributed by atoms with Crippen molar-refractivity contribution in [2.75, 3.05) is 16.8 Å². The minimum absolute atomic E-state index is 0.0597. The number of anilines is 2. The molecule has 0 fully saturated rings. The van der Waals surface area contributed by atoms with Crippen molar-refractivity contribution in [1.82, 2.24) is 0 Å². The molecule has 22 heavy (non-hydrogen) atoms. The van der Waals surface area contributed by atoms with Crippen LogP contribution in [-0.2, 0) is 4.79 Å². The number of rotatable bonds is 2. The second-order valence-corrected chi connectivity index (χ2v) is 5.26. The van der Waals surface area contributed by atoms with Gasteiger partial charge in [0, 0.05) is 0 Å². The molecule has 0 bridgehead atoms. The molecule has 0 saturated heterocycles. The molecule has 2 aromatic rings. The van der Waals surface area contributed by atoms with E-state index in [9.17, 15) is 9.18 Å². The summed E-state index contributed by atoms with van der Waals surface area (Å²) in [4.78, 5) is 17.9. The molecular formula is C17H16FN3O. The molecule has 0 saturated carbocycles. The zero-order valence-corrected chi connectivity index (χ0v) is 12.4. The van der Waals surface area contributed by atoms with Crippen molar-refractivity contribution >= 4 is 23.2 Å². The highest BCUT2D eigenvalue weighted by Crippen LogP contribution is 2.25. The molecule has 1 amide bonds. The number of aliphatic imine (C=N–C) groups is 1. The number of para-hydroxylation sites is 1. The van der Waals surface area contributed by atoms with E-state index in [1.807, 2.05) is 32.0 Å². The van der Waals surface area contributed by atoms with E-state index in [-0.39, 0.29) is 18.3 Å². The number of amides is 1. The van der Waals surface area contributed by atoms with Crippen LogP contribution < -0.4 is 10.2 Å². The van der Waals surface area contributed by atoms with Gasteiger partial charge in [-0.1, -0.05) is 24.3 Å². The SMILES string of the molecule is Cc1ccc(C)c(N2C(=O)CN=C2Nc2ccccc2F)c1. The highest BCUT2D eigenvalue weighted by Gasteiger charge is 2.28.